The fourth-order valence-electron chi connectivity index (χ4n) is 2.09. The summed E-state index contributed by atoms with van der Waals surface area (Å²) in [5, 5.41) is 5.41. The lowest BCUT2D eigenvalue weighted by Gasteiger charge is -2.12. The minimum atomic E-state index is -0.774. The van der Waals surface area contributed by atoms with Gasteiger partial charge in [0, 0.05) is 11.4 Å². The van der Waals surface area contributed by atoms with E-state index in [9.17, 15) is 9.59 Å². The van der Waals surface area contributed by atoms with Crippen LogP contribution in [0.15, 0.2) is 36.4 Å². The lowest BCUT2D eigenvalue weighted by molar-refractivity contribution is -0.136. The minimum absolute atomic E-state index is 0.177. The normalized spacial score (nSPS) is 10.5. The number of halogens is 1. The van der Waals surface area contributed by atoms with E-state index in [2.05, 4.69) is 15.6 Å². The first kappa shape index (κ1) is 19.7. The smallest absolute Gasteiger partial charge is 0.313 e. The van der Waals surface area contributed by atoms with Gasteiger partial charge in [-0.1, -0.05) is 31.5 Å². The highest BCUT2D eigenvalue weighted by Crippen LogP contribution is 2.28. The van der Waals surface area contributed by atoms with Crippen molar-refractivity contribution >= 4 is 29.1 Å². The van der Waals surface area contributed by atoms with Crippen LogP contribution in [0.4, 0.5) is 5.69 Å². The number of aryl methyl sites for hydroxylation is 1. The van der Waals surface area contributed by atoms with E-state index in [0.717, 1.165) is 5.69 Å². The molecule has 0 aliphatic heterocycles. The minimum Gasteiger partial charge on any atom is -0.492 e. The SMILES string of the molecule is Cc1cccc(CNC(=O)C(=O)Nc2ccc(OCC(C)C)c(Cl)c2)n1. The average molecular weight is 376 g/mol. The predicted octanol–water partition coefficient (Wildman–Crippen LogP) is 3.33. The zero-order chi connectivity index (χ0) is 19.1. The Bertz CT molecular complexity index is 793. The number of hydrogen-bond acceptors (Lipinski definition) is 4. The van der Waals surface area contributed by atoms with Crippen LogP contribution in [0.2, 0.25) is 5.02 Å². The monoisotopic (exact) mass is 375 g/mol. The summed E-state index contributed by atoms with van der Waals surface area (Å²) in [6.07, 6.45) is 0. The summed E-state index contributed by atoms with van der Waals surface area (Å²) in [6, 6.07) is 10.3. The largest absolute Gasteiger partial charge is 0.492 e. The maximum Gasteiger partial charge on any atom is 0.313 e. The maximum absolute atomic E-state index is 12.0. The third kappa shape index (κ3) is 6.04. The Hall–Kier alpha value is -2.60. The Morgan fingerprint density at radius 1 is 1.19 bits per heavy atom. The maximum atomic E-state index is 12.0. The molecule has 7 heteroatoms. The van der Waals surface area contributed by atoms with E-state index in [0.29, 0.717) is 34.7 Å². The van der Waals surface area contributed by atoms with E-state index in [1.807, 2.05) is 32.9 Å². The summed E-state index contributed by atoms with van der Waals surface area (Å²) in [7, 11) is 0. The first-order valence-electron chi connectivity index (χ1n) is 8.29. The van der Waals surface area contributed by atoms with Crippen LogP contribution in [0, 0.1) is 12.8 Å². The Morgan fingerprint density at radius 3 is 2.62 bits per heavy atom. The molecule has 2 aromatic rings. The summed E-state index contributed by atoms with van der Waals surface area (Å²) >= 11 is 6.15. The van der Waals surface area contributed by atoms with Crippen LogP contribution in [0.3, 0.4) is 0 Å². The van der Waals surface area contributed by atoms with Gasteiger partial charge in [0.25, 0.3) is 0 Å². The zero-order valence-electron chi connectivity index (χ0n) is 15.0. The lowest BCUT2D eigenvalue weighted by Crippen LogP contribution is -2.35. The number of pyridine rings is 1. The molecule has 0 spiro atoms. The number of hydrogen-bond donors (Lipinski definition) is 2. The number of benzene rings is 1. The Kier molecular flexibility index (Phi) is 6.97. The van der Waals surface area contributed by atoms with Gasteiger partial charge >= 0.3 is 11.8 Å². The Balaban J connectivity index is 1.90. The van der Waals surface area contributed by atoms with Gasteiger partial charge in [-0.2, -0.15) is 0 Å². The van der Waals surface area contributed by atoms with Gasteiger partial charge in [0.15, 0.2) is 0 Å². The van der Waals surface area contributed by atoms with Gasteiger partial charge in [-0.25, -0.2) is 0 Å². The standard InChI is InChI=1S/C19H22ClN3O3/c1-12(2)11-26-17-8-7-14(9-16(17)20)23-19(25)18(24)21-10-15-6-4-5-13(3)22-15/h4-9,12H,10-11H2,1-3H3,(H,21,24)(H,23,25). The molecule has 6 nitrogen and oxygen atoms in total. The molecule has 2 rings (SSSR count). The summed E-state index contributed by atoms with van der Waals surface area (Å²) in [4.78, 5) is 28.2. The van der Waals surface area contributed by atoms with E-state index in [-0.39, 0.29) is 6.54 Å². The van der Waals surface area contributed by atoms with Crippen LogP contribution in [0.25, 0.3) is 0 Å². The number of aromatic nitrogens is 1. The number of rotatable bonds is 6. The van der Waals surface area contributed by atoms with Crippen molar-refractivity contribution in [3.63, 3.8) is 0 Å². The third-order valence-electron chi connectivity index (χ3n) is 3.34. The quantitative estimate of drug-likeness (QED) is 0.759. The van der Waals surface area contributed by atoms with E-state index >= 15 is 0 Å². The summed E-state index contributed by atoms with van der Waals surface area (Å²) in [5.74, 6) is -0.612. The van der Waals surface area contributed by atoms with Crippen LogP contribution in [-0.4, -0.2) is 23.4 Å². The Labute approximate surface area is 157 Å². The molecule has 0 unspecified atom stereocenters. The van der Waals surface area contributed by atoms with E-state index in [4.69, 9.17) is 16.3 Å². The molecule has 1 heterocycles. The second-order valence-electron chi connectivity index (χ2n) is 6.26. The highest BCUT2D eigenvalue weighted by atomic mass is 35.5. The number of nitrogens with zero attached hydrogens (tertiary/aromatic N) is 1. The molecule has 0 saturated carbocycles. The lowest BCUT2D eigenvalue weighted by atomic mass is 10.2. The van der Waals surface area contributed by atoms with Crippen molar-refractivity contribution in [1.29, 1.82) is 0 Å². The first-order valence-corrected chi connectivity index (χ1v) is 8.67. The molecule has 26 heavy (non-hydrogen) atoms. The highest BCUT2D eigenvalue weighted by Gasteiger charge is 2.14. The Morgan fingerprint density at radius 2 is 1.96 bits per heavy atom. The van der Waals surface area contributed by atoms with Crippen LogP contribution in [-0.2, 0) is 16.1 Å². The van der Waals surface area contributed by atoms with Gasteiger partial charge in [0.1, 0.15) is 5.75 Å². The molecular weight excluding hydrogens is 354 g/mol. The summed E-state index contributed by atoms with van der Waals surface area (Å²) in [6.45, 7) is 6.65. The van der Waals surface area contributed by atoms with Gasteiger partial charge in [-0.15, -0.1) is 0 Å². The fraction of sp³-hybridized carbons (Fsp3) is 0.316. The van der Waals surface area contributed by atoms with Crippen LogP contribution >= 0.6 is 11.6 Å². The van der Waals surface area contributed by atoms with Crippen molar-refractivity contribution < 1.29 is 14.3 Å². The summed E-state index contributed by atoms with van der Waals surface area (Å²) < 4.78 is 5.57. The van der Waals surface area contributed by atoms with Crippen molar-refractivity contribution in [3.8, 4) is 5.75 Å². The van der Waals surface area contributed by atoms with Crippen LogP contribution < -0.4 is 15.4 Å². The fourth-order valence-corrected chi connectivity index (χ4v) is 2.32. The topological polar surface area (TPSA) is 80.3 Å². The number of nitrogens with one attached hydrogen (secondary N) is 2. The number of ether oxygens (including phenoxy) is 1. The highest BCUT2D eigenvalue weighted by molar-refractivity contribution is 6.39. The van der Waals surface area contributed by atoms with E-state index < -0.39 is 11.8 Å². The average Bonchev–Trinajstić information content (AvgIpc) is 2.58. The number of carbonyl (C=O) groups is 2. The molecule has 1 aromatic heterocycles. The molecule has 0 radical (unpaired) electrons. The molecular formula is C19H22ClN3O3. The van der Waals surface area contributed by atoms with Crippen LogP contribution in [0.5, 0.6) is 5.75 Å². The molecule has 0 bridgehead atoms. The molecule has 0 saturated heterocycles. The summed E-state index contributed by atoms with van der Waals surface area (Å²) in [5.41, 5.74) is 1.94. The van der Waals surface area contributed by atoms with E-state index in [1.165, 1.54) is 0 Å². The molecule has 2 N–H and O–H groups in total. The molecule has 0 aliphatic carbocycles. The molecule has 0 fully saturated rings. The van der Waals surface area contributed by atoms with Gasteiger partial charge in [-0.3, -0.25) is 14.6 Å². The molecule has 138 valence electrons. The van der Waals surface area contributed by atoms with Crippen molar-refractivity contribution in [3.05, 3.63) is 52.8 Å². The third-order valence-corrected chi connectivity index (χ3v) is 3.64. The zero-order valence-corrected chi connectivity index (χ0v) is 15.8. The second kappa shape index (κ2) is 9.20. The van der Waals surface area contributed by atoms with E-state index in [1.54, 1.807) is 24.3 Å². The van der Waals surface area contributed by atoms with Gasteiger partial charge < -0.3 is 15.4 Å². The van der Waals surface area contributed by atoms with Crippen molar-refractivity contribution in [2.75, 3.05) is 11.9 Å². The predicted molar refractivity (Wildman–Crippen MR) is 101 cm³/mol. The van der Waals surface area contributed by atoms with Crippen molar-refractivity contribution in [2.24, 2.45) is 5.92 Å². The first-order chi connectivity index (χ1) is 12.3. The number of anilines is 1. The second-order valence-corrected chi connectivity index (χ2v) is 6.66. The van der Waals surface area contributed by atoms with Gasteiger partial charge in [0.2, 0.25) is 0 Å². The van der Waals surface area contributed by atoms with Gasteiger partial charge in [0.05, 0.1) is 23.9 Å². The number of amides is 2. The molecule has 0 atom stereocenters. The molecule has 1 aromatic carbocycles. The van der Waals surface area contributed by atoms with Crippen molar-refractivity contribution in [1.82, 2.24) is 10.3 Å². The van der Waals surface area contributed by atoms with Gasteiger partial charge in [-0.05, 0) is 43.2 Å². The van der Waals surface area contributed by atoms with Crippen molar-refractivity contribution in [2.45, 2.75) is 27.3 Å². The molecule has 0 aliphatic rings. The van der Waals surface area contributed by atoms with Crippen LogP contribution in [0.1, 0.15) is 25.2 Å². The molecule has 2 amide bonds. The number of carbonyl (C=O) groups excluding carboxylic acids is 2.